The van der Waals surface area contributed by atoms with E-state index in [4.69, 9.17) is 4.74 Å². The Balaban J connectivity index is 1.54. The molecule has 3 heterocycles. The second-order valence-electron chi connectivity index (χ2n) is 9.07. The molecule has 1 aromatic carbocycles. The number of aromatic nitrogens is 1. The Labute approximate surface area is 160 Å². The summed E-state index contributed by atoms with van der Waals surface area (Å²) in [7, 11) is 0. The molecule has 5 heteroatoms. The molecule has 0 saturated carbocycles. The number of piperidine rings is 1. The Morgan fingerprint density at radius 2 is 1.89 bits per heavy atom. The van der Waals surface area contributed by atoms with Gasteiger partial charge >= 0.3 is 6.09 Å². The highest BCUT2D eigenvalue weighted by atomic mass is 16.6. The van der Waals surface area contributed by atoms with Gasteiger partial charge in [-0.15, -0.1) is 0 Å². The van der Waals surface area contributed by atoms with Crippen LogP contribution in [0, 0.1) is 0 Å². The number of pyridine rings is 1. The van der Waals surface area contributed by atoms with Gasteiger partial charge in [-0.2, -0.15) is 0 Å². The summed E-state index contributed by atoms with van der Waals surface area (Å²) in [5, 5.41) is 12.5. The molecule has 2 atom stereocenters. The standard InChI is InChI=1S/C22H28N2O3/c1-21(2,3)27-20(25)24-17-9-10-18(24)14-22(26,13-17)12-16-7-4-6-15-8-5-11-23-19(15)16/h4-8,11,17-18,26H,9-10,12-14H2,1-3H3. The van der Waals surface area contributed by atoms with Gasteiger partial charge in [0.25, 0.3) is 0 Å². The van der Waals surface area contributed by atoms with Gasteiger partial charge in [0.05, 0.1) is 11.1 Å². The number of aliphatic hydroxyl groups is 1. The minimum atomic E-state index is -0.809. The summed E-state index contributed by atoms with van der Waals surface area (Å²) in [5.74, 6) is 0. The lowest BCUT2D eigenvalue weighted by molar-refractivity contribution is -0.0578. The van der Waals surface area contributed by atoms with Crippen molar-refractivity contribution in [2.75, 3.05) is 0 Å². The number of fused-ring (bicyclic) bond motifs is 3. The third-order valence-corrected chi connectivity index (χ3v) is 5.69. The highest BCUT2D eigenvalue weighted by molar-refractivity contribution is 5.81. The molecule has 2 aromatic rings. The van der Waals surface area contributed by atoms with Crippen LogP contribution < -0.4 is 0 Å². The van der Waals surface area contributed by atoms with Crippen molar-refractivity contribution in [3.8, 4) is 0 Å². The normalized spacial score (nSPS) is 27.8. The zero-order valence-corrected chi connectivity index (χ0v) is 16.3. The molecular weight excluding hydrogens is 340 g/mol. The fraction of sp³-hybridized carbons (Fsp3) is 0.545. The van der Waals surface area contributed by atoms with Gasteiger partial charge in [0.1, 0.15) is 5.60 Å². The van der Waals surface area contributed by atoms with Gasteiger partial charge in [0, 0.05) is 30.1 Å². The second-order valence-corrected chi connectivity index (χ2v) is 9.07. The average molecular weight is 368 g/mol. The molecule has 2 aliphatic heterocycles. The lowest BCUT2D eigenvalue weighted by Gasteiger charge is -2.44. The predicted octanol–water partition coefficient (Wildman–Crippen LogP) is 4.07. The second kappa shape index (κ2) is 6.48. The van der Waals surface area contributed by atoms with Crippen LogP contribution in [-0.2, 0) is 11.2 Å². The van der Waals surface area contributed by atoms with Gasteiger partial charge < -0.3 is 14.7 Å². The Bertz CT molecular complexity index is 839. The number of carbonyl (C=O) groups excluding carboxylic acids is 1. The summed E-state index contributed by atoms with van der Waals surface area (Å²) in [4.78, 5) is 19.0. The van der Waals surface area contributed by atoms with E-state index in [1.54, 1.807) is 6.20 Å². The first-order valence-corrected chi connectivity index (χ1v) is 9.80. The van der Waals surface area contributed by atoms with Crippen LogP contribution in [0.3, 0.4) is 0 Å². The molecule has 1 N–H and O–H groups in total. The van der Waals surface area contributed by atoms with Crippen molar-refractivity contribution in [3.05, 3.63) is 42.1 Å². The molecule has 0 spiro atoms. The first kappa shape index (κ1) is 18.2. The molecule has 2 bridgehead atoms. The highest BCUT2D eigenvalue weighted by Crippen LogP contribution is 2.43. The maximum atomic E-state index is 12.6. The highest BCUT2D eigenvalue weighted by Gasteiger charge is 2.50. The average Bonchev–Trinajstić information content (AvgIpc) is 2.86. The van der Waals surface area contributed by atoms with Crippen LogP contribution in [0.1, 0.15) is 52.0 Å². The van der Waals surface area contributed by atoms with Crippen molar-refractivity contribution >= 4 is 17.0 Å². The topological polar surface area (TPSA) is 62.7 Å². The number of ether oxygens (including phenoxy) is 1. The predicted molar refractivity (Wildman–Crippen MR) is 105 cm³/mol. The SMILES string of the molecule is CC(C)(C)OC(=O)N1C2CCC1CC(O)(Cc1cccc3cccnc13)C2. The van der Waals surface area contributed by atoms with Crippen LogP contribution in [0.2, 0.25) is 0 Å². The molecule has 27 heavy (non-hydrogen) atoms. The number of carbonyl (C=O) groups is 1. The lowest BCUT2D eigenvalue weighted by atomic mass is 9.81. The van der Waals surface area contributed by atoms with Crippen LogP contribution in [0.5, 0.6) is 0 Å². The molecule has 1 aromatic heterocycles. The molecule has 0 aliphatic carbocycles. The molecule has 144 valence electrons. The van der Waals surface area contributed by atoms with Gasteiger partial charge in [0.15, 0.2) is 0 Å². The number of hydrogen-bond donors (Lipinski definition) is 1. The largest absolute Gasteiger partial charge is 0.444 e. The fourth-order valence-electron chi connectivity index (χ4n) is 4.74. The minimum Gasteiger partial charge on any atom is -0.444 e. The first-order chi connectivity index (χ1) is 12.7. The Morgan fingerprint density at radius 1 is 1.22 bits per heavy atom. The third kappa shape index (κ3) is 3.65. The summed E-state index contributed by atoms with van der Waals surface area (Å²) in [6.45, 7) is 5.67. The molecular formula is C22H28N2O3. The summed E-state index contributed by atoms with van der Waals surface area (Å²) in [5.41, 5.74) is 0.714. The van der Waals surface area contributed by atoms with E-state index in [1.165, 1.54) is 0 Å². The van der Waals surface area contributed by atoms with Gasteiger partial charge in [-0.1, -0.05) is 24.3 Å². The van der Waals surface area contributed by atoms with E-state index in [2.05, 4.69) is 11.1 Å². The molecule has 4 rings (SSSR count). The van der Waals surface area contributed by atoms with E-state index < -0.39 is 11.2 Å². The van der Waals surface area contributed by atoms with E-state index in [1.807, 2.05) is 49.9 Å². The van der Waals surface area contributed by atoms with Crippen molar-refractivity contribution in [1.29, 1.82) is 0 Å². The zero-order valence-electron chi connectivity index (χ0n) is 16.3. The zero-order chi connectivity index (χ0) is 19.2. The van der Waals surface area contributed by atoms with Crippen LogP contribution in [0.15, 0.2) is 36.5 Å². The minimum absolute atomic E-state index is 0.0477. The molecule has 2 unspecified atom stereocenters. The van der Waals surface area contributed by atoms with Gasteiger partial charge in [-0.3, -0.25) is 4.98 Å². The van der Waals surface area contributed by atoms with Gasteiger partial charge in [-0.25, -0.2) is 4.79 Å². The van der Waals surface area contributed by atoms with Gasteiger partial charge in [-0.05, 0) is 58.1 Å². The third-order valence-electron chi connectivity index (χ3n) is 5.69. The number of nitrogens with zero attached hydrogens (tertiary/aromatic N) is 2. The molecule has 2 fully saturated rings. The first-order valence-electron chi connectivity index (χ1n) is 9.80. The maximum absolute atomic E-state index is 12.6. The molecule has 2 aliphatic rings. The molecule has 0 radical (unpaired) electrons. The Kier molecular flexibility index (Phi) is 4.38. The summed E-state index contributed by atoms with van der Waals surface area (Å²) >= 11 is 0. The number of amides is 1. The van der Waals surface area contributed by atoms with Crippen LogP contribution in [0.25, 0.3) is 10.9 Å². The van der Waals surface area contributed by atoms with Crippen molar-refractivity contribution in [1.82, 2.24) is 9.88 Å². The molecule has 5 nitrogen and oxygen atoms in total. The van der Waals surface area contributed by atoms with E-state index >= 15 is 0 Å². The monoisotopic (exact) mass is 368 g/mol. The van der Waals surface area contributed by atoms with Crippen molar-refractivity contribution in [2.45, 2.75) is 76.2 Å². The smallest absolute Gasteiger partial charge is 0.410 e. The molecule has 2 saturated heterocycles. The fourth-order valence-corrected chi connectivity index (χ4v) is 4.74. The summed E-state index contributed by atoms with van der Waals surface area (Å²) in [6, 6.07) is 10.2. The number of rotatable bonds is 2. The lowest BCUT2D eigenvalue weighted by Crippen LogP contribution is -2.55. The van der Waals surface area contributed by atoms with E-state index in [9.17, 15) is 9.90 Å². The van der Waals surface area contributed by atoms with Crippen LogP contribution in [0.4, 0.5) is 4.79 Å². The Hall–Kier alpha value is -2.14. The van der Waals surface area contributed by atoms with E-state index in [0.717, 1.165) is 29.3 Å². The number of benzene rings is 1. The van der Waals surface area contributed by atoms with Crippen molar-refractivity contribution in [3.63, 3.8) is 0 Å². The number of hydrogen-bond acceptors (Lipinski definition) is 4. The van der Waals surface area contributed by atoms with Crippen molar-refractivity contribution < 1.29 is 14.6 Å². The molecule has 1 amide bonds. The van der Waals surface area contributed by atoms with Crippen molar-refractivity contribution in [2.24, 2.45) is 0 Å². The van der Waals surface area contributed by atoms with Crippen LogP contribution in [-0.4, -0.2) is 44.4 Å². The number of para-hydroxylation sites is 1. The van der Waals surface area contributed by atoms with E-state index in [-0.39, 0.29) is 18.2 Å². The Morgan fingerprint density at radius 3 is 2.56 bits per heavy atom. The van der Waals surface area contributed by atoms with Crippen LogP contribution >= 0.6 is 0 Å². The summed E-state index contributed by atoms with van der Waals surface area (Å²) in [6.07, 6.45) is 5.16. The van der Waals surface area contributed by atoms with E-state index in [0.29, 0.717) is 19.3 Å². The summed E-state index contributed by atoms with van der Waals surface area (Å²) < 4.78 is 5.60. The quantitative estimate of drug-likeness (QED) is 0.868. The maximum Gasteiger partial charge on any atom is 0.410 e. The van der Waals surface area contributed by atoms with Gasteiger partial charge in [0.2, 0.25) is 0 Å².